The molecule has 0 aromatic heterocycles. The van der Waals surface area contributed by atoms with Crippen molar-refractivity contribution in [2.24, 2.45) is 28.6 Å². The molecule has 0 aromatic carbocycles. The lowest BCUT2D eigenvalue weighted by molar-refractivity contribution is -0.00997. The molecule has 0 aromatic rings. The Morgan fingerprint density at radius 3 is 2.52 bits per heavy atom. The molecule has 25 heavy (non-hydrogen) atoms. The van der Waals surface area contributed by atoms with E-state index in [1.807, 2.05) is 7.11 Å². The van der Waals surface area contributed by atoms with Crippen LogP contribution in [-0.2, 0) is 4.74 Å². The molecule has 0 N–H and O–H groups in total. The first-order valence-corrected chi connectivity index (χ1v) is 10.1. The molecule has 0 spiro atoms. The minimum absolute atomic E-state index is 0.0999. The van der Waals surface area contributed by atoms with Crippen molar-refractivity contribution in [1.82, 2.24) is 0 Å². The summed E-state index contributed by atoms with van der Waals surface area (Å²) in [5.41, 5.74) is 4.47. The molecule has 0 heterocycles. The fourth-order valence-corrected chi connectivity index (χ4v) is 7.34. The number of halogens is 1. The van der Waals surface area contributed by atoms with Gasteiger partial charge in [-0.05, 0) is 97.7 Å². The Morgan fingerprint density at radius 2 is 1.84 bits per heavy atom. The summed E-state index contributed by atoms with van der Waals surface area (Å²) < 4.78 is 19.8. The van der Waals surface area contributed by atoms with E-state index in [1.165, 1.54) is 37.0 Å². The average Bonchev–Trinajstić information content (AvgIpc) is 2.92. The standard InChI is InChI=1S/C23H33FO/c1-14-17-7-6-16-19-9-8-18(15(2)24)23(19,4)12-10-20(16)22(17,3)13-11-21(14)25-5/h7,16,19-20H,6,8-13H2,1-5H3/b18-15+. The van der Waals surface area contributed by atoms with Crippen LogP contribution in [-0.4, -0.2) is 7.11 Å². The summed E-state index contributed by atoms with van der Waals surface area (Å²) in [6.07, 6.45) is 10.5. The summed E-state index contributed by atoms with van der Waals surface area (Å²) in [5, 5.41) is 0. The highest BCUT2D eigenvalue weighted by Crippen LogP contribution is 2.66. The number of ether oxygens (including phenoxy) is 1. The van der Waals surface area contributed by atoms with Crippen LogP contribution in [0.3, 0.4) is 0 Å². The summed E-state index contributed by atoms with van der Waals surface area (Å²) in [6.45, 7) is 8.78. The van der Waals surface area contributed by atoms with E-state index < -0.39 is 0 Å². The molecule has 0 aliphatic heterocycles. The van der Waals surface area contributed by atoms with Crippen molar-refractivity contribution in [3.8, 4) is 0 Å². The molecule has 0 saturated heterocycles. The van der Waals surface area contributed by atoms with Crippen molar-refractivity contribution in [3.05, 3.63) is 34.4 Å². The van der Waals surface area contributed by atoms with E-state index >= 15 is 0 Å². The van der Waals surface area contributed by atoms with Gasteiger partial charge in [-0.1, -0.05) is 19.9 Å². The Morgan fingerprint density at radius 1 is 1.12 bits per heavy atom. The third kappa shape index (κ3) is 2.25. The second-order valence-electron chi connectivity index (χ2n) is 9.41. The smallest absolute Gasteiger partial charge is 0.0987 e. The highest BCUT2D eigenvalue weighted by Gasteiger charge is 2.57. The van der Waals surface area contributed by atoms with E-state index in [2.05, 4.69) is 26.8 Å². The van der Waals surface area contributed by atoms with Gasteiger partial charge in [-0.25, -0.2) is 4.39 Å². The molecule has 4 aliphatic carbocycles. The largest absolute Gasteiger partial charge is 0.501 e. The van der Waals surface area contributed by atoms with Gasteiger partial charge in [0.1, 0.15) is 0 Å². The average molecular weight is 345 g/mol. The maximum Gasteiger partial charge on any atom is 0.0987 e. The van der Waals surface area contributed by atoms with Crippen molar-refractivity contribution in [2.45, 2.75) is 72.6 Å². The molecule has 5 atom stereocenters. The summed E-state index contributed by atoms with van der Waals surface area (Å²) in [7, 11) is 1.81. The molecule has 4 rings (SSSR count). The molecular formula is C23H33FO. The van der Waals surface area contributed by atoms with Crippen LogP contribution in [0.25, 0.3) is 0 Å². The Hall–Kier alpha value is -1.05. The molecule has 2 saturated carbocycles. The normalized spacial score (nSPS) is 45.4. The Balaban J connectivity index is 1.73. The third-order valence-corrected chi connectivity index (χ3v) is 8.61. The van der Waals surface area contributed by atoms with Gasteiger partial charge >= 0.3 is 0 Å². The van der Waals surface area contributed by atoms with Crippen LogP contribution in [0, 0.1) is 28.6 Å². The number of allylic oxidation sites excluding steroid dienone is 6. The van der Waals surface area contributed by atoms with E-state index in [0.29, 0.717) is 5.92 Å². The zero-order valence-corrected chi connectivity index (χ0v) is 16.5. The van der Waals surface area contributed by atoms with Gasteiger partial charge in [0.05, 0.1) is 18.7 Å². The van der Waals surface area contributed by atoms with Gasteiger partial charge in [0.15, 0.2) is 0 Å². The van der Waals surface area contributed by atoms with Crippen molar-refractivity contribution >= 4 is 0 Å². The van der Waals surface area contributed by atoms with Gasteiger partial charge in [0.25, 0.3) is 0 Å². The molecule has 0 amide bonds. The van der Waals surface area contributed by atoms with Crippen LogP contribution in [0.15, 0.2) is 34.4 Å². The maximum absolute atomic E-state index is 14.2. The lowest BCUT2D eigenvalue weighted by Crippen LogP contribution is -2.48. The topological polar surface area (TPSA) is 9.23 Å². The van der Waals surface area contributed by atoms with E-state index in [9.17, 15) is 4.39 Å². The van der Waals surface area contributed by atoms with Crippen LogP contribution >= 0.6 is 0 Å². The zero-order valence-electron chi connectivity index (χ0n) is 16.5. The number of hydrogen-bond acceptors (Lipinski definition) is 1. The Kier molecular flexibility index (Phi) is 3.98. The van der Waals surface area contributed by atoms with Gasteiger partial charge in [-0.2, -0.15) is 0 Å². The SMILES string of the molecule is COC1=C(C)C2=CCC3C(CCC4(C)/C(=C(\C)F)CCC34)C2(C)CC1. The molecule has 0 bridgehead atoms. The first-order chi connectivity index (χ1) is 11.8. The second kappa shape index (κ2) is 5.72. The van der Waals surface area contributed by atoms with E-state index in [1.54, 1.807) is 12.5 Å². The highest BCUT2D eigenvalue weighted by atomic mass is 19.1. The zero-order chi connectivity index (χ0) is 18.0. The van der Waals surface area contributed by atoms with Gasteiger partial charge in [-0.3, -0.25) is 0 Å². The molecule has 2 fully saturated rings. The Bertz CT molecular complexity index is 680. The molecule has 4 aliphatic rings. The molecule has 5 unspecified atom stereocenters. The first-order valence-electron chi connectivity index (χ1n) is 10.1. The predicted molar refractivity (Wildman–Crippen MR) is 101 cm³/mol. The number of rotatable bonds is 1. The van der Waals surface area contributed by atoms with E-state index in [0.717, 1.165) is 36.7 Å². The molecule has 138 valence electrons. The minimum atomic E-state index is 0.0999. The molecule has 2 heteroatoms. The van der Waals surface area contributed by atoms with Crippen LogP contribution < -0.4 is 0 Å². The van der Waals surface area contributed by atoms with Crippen molar-refractivity contribution in [1.29, 1.82) is 0 Å². The van der Waals surface area contributed by atoms with Crippen LogP contribution in [0.2, 0.25) is 0 Å². The number of fused-ring (bicyclic) bond motifs is 5. The predicted octanol–water partition coefficient (Wildman–Crippen LogP) is 6.72. The number of hydrogen-bond donors (Lipinski definition) is 0. The summed E-state index contributed by atoms with van der Waals surface area (Å²) in [5.74, 6) is 3.42. The summed E-state index contributed by atoms with van der Waals surface area (Å²) in [4.78, 5) is 0. The fourth-order valence-electron chi connectivity index (χ4n) is 7.34. The summed E-state index contributed by atoms with van der Waals surface area (Å²) in [6, 6.07) is 0. The lowest BCUT2D eigenvalue weighted by Gasteiger charge is -2.57. The molecule has 0 radical (unpaired) electrons. The quantitative estimate of drug-likeness (QED) is 0.513. The van der Waals surface area contributed by atoms with Crippen molar-refractivity contribution < 1.29 is 9.13 Å². The first kappa shape index (κ1) is 17.4. The minimum Gasteiger partial charge on any atom is -0.501 e. The van der Waals surface area contributed by atoms with Gasteiger partial charge in [-0.15, -0.1) is 0 Å². The van der Waals surface area contributed by atoms with Gasteiger partial charge < -0.3 is 4.74 Å². The monoisotopic (exact) mass is 344 g/mol. The van der Waals surface area contributed by atoms with Crippen molar-refractivity contribution in [2.75, 3.05) is 7.11 Å². The van der Waals surface area contributed by atoms with E-state index in [4.69, 9.17) is 4.74 Å². The van der Waals surface area contributed by atoms with Crippen LogP contribution in [0.1, 0.15) is 72.6 Å². The lowest BCUT2D eigenvalue weighted by atomic mass is 9.48. The van der Waals surface area contributed by atoms with Crippen LogP contribution in [0.5, 0.6) is 0 Å². The van der Waals surface area contributed by atoms with Gasteiger partial charge in [0.2, 0.25) is 0 Å². The second-order valence-corrected chi connectivity index (χ2v) is 9.41. The number of methoxy groups -OCH3 is 1. The molecular weight excluding hydrogens is 311 g/mol. The van der Waals surface area contributed by atoms with Gasteiger partial charge in [0, 0.05) is 6.42 Å². The van der Waals surface area contributed by atoms with Crippen LogP contribution in [0.4, 0.5) is 4.39 Å². The molecule has 1 nitrogen and oxygen atoms in total. The van der Waals surface area contributed by atoms with Crippen molar-refractivity contribution in [3.63, 3.8) is 0 Å². The summed E-state index contributed by atoms with van der Waals surface area (Å²) >= 11 is 0. The maximum atomic E-state index is 14.2. The fraction of sp³-hybridized carbons (Fsp3) is 0.739. The Labute approximate surface area is 152 Å². The van der Waals surface area contributed by atoms with E-state index in [-0.39, 0.29) is 16.7 Å². The highest BCUT2D eigenvalue weighted by molar-refractivity contribution is 5.43. The third-order valence-electron chi connectivity index (χ3n) is 8.61.